The summed E-state index contributed by atoms with van der Waals surface area (Å²) in [6, 6.07) is 9.43. The van der Waals surface area contributed by atoms with Gasteiger partial charge in [0.25, 0.3) is 0 Å². The van der Waals surface area contributed by atoms with E-state index in [0.29, 0.717) is 23.4 Å². The van der Waals surface area contributed by atoms with Crippen LogP contribution in [0.2, 0.25) is 0 Å². The molecule has 1 aliphatic heterocycles. The lowest BCUT2D eigenvalue weighted by molar-refractivity contribution is -0.0355. The highest BCUT2D eigenvalue weighted by molar-refractivity contribution is 6.00. The molecule has 1 spiro atoms. The van der Waals surface area contributed by atoms with Crippen molar-refractivity contribution in [1.29, 1.82) is 0 Å². The molecule has 1 fully saturated rings. The van der Waals surface area contributed by atoms with Crippen LogP contribution in [0.5, 0.6) is 5.75 Å². The molecular weight excluding hydrogens is 347 g/mol. The van der Waals surface area contributed by atoms with Crippen molar-refractivity contribution in [3.8, 4) is 5.75 Å². The molecule has 1 aliphatic carbocycles. The number of nitrogens with one attached hydrogen (secondary N) is 3. The van der Waals surface area contributed by atoms with E-state index in [1.807, 2.05) is 18.2 Å². The third-order valence-electron chi connectivity index (χ3n) is 5.55. The Morgan fingerprint density at radius 1 is 1.30 bits per heavy atom. The van der Waals surface area contributed by atoms with E-state index in [2.05, 4.69) is 20.8 Å². The van der Waals surface area contributed by atoms with E-state index >= 15 is 0 Å². The molecular formula is C20H19FN4O2. The van der Waals surface area contributed by atoms with Crippen LogP contribution in [-0.4, -0.2) is 21.8 Å². The molecule has 2 aliphatic rings. The fourth-order valence-electron chi connectivity index (χ4n) is 4.04. The number of fused-ring (bicyclic) bond motifs is 2. The van der Waals surface area contributed by atoms with E-state index < -0.39 is 0 Å². The minimum atomic E-state index is -0.336. The second-order valence-corrected chi connectivity index (χ2v) is 7.31. The molecule has 27 heavy (non-hydrogen) atoms. The number of hydrogen-bond donors (Lipinski definition) is 3. The van der Waals surface area contributed by atoms with Gasteiger partial charge in [-0.05, 0) is 49.6 Å². The zero-order valence-corrected chi connectivity index (χ0v) is 14.6. The number of amides is 2. The number of hydrogen-bond acceptors (Lipinski definition) is 3. The number of benzene rings is 2. The molecule has 0 unspecified atom stereocenters. The third-order valence-corrected chi connectivity index (χ3v) is 5.55. The molecule has 1 saturated carbocycles. The van der Waals surface area contributed by atoms with Gasteiger partial charge in [-0.3, -0.25) is 5.10 Å². The average Bonchev–Trinajstić information content (AvgIpc) is 3.10. The quantitative estimate of drug-likeness (QED) is 0.634. The number of urea groups is 1. The van der Waals surface area contributed by atoms with Gasteiger partial charge in [0, 0.05) is 17.4 Å². The monoisotopic (exact) mass is 366 g/mol. The van der Waals surface area contributed by atoms with Crippen LogP contribution in [0.4, 0.5) is 14.9 Å². The van der Waals surface area contributed by atoms with Crippen molar-refractivity contribution < 1.29 is 13.9 Å². The van der Waals surface area contributed by atoms with Crippen molar-refractivity contribution in [2.45, 2.75) is 37.3 Å². The zero-order valence-electron chi connectivity index (χ0n) is 14.6. The van der Waals surface area contributed by atoms with E-state index in [0.717, 1.165) is 30.2 Å². The van der Waals surface area contributed by atoms with Crippen molar-refractivity contribution in [3.05, 3.63) is 54.0 Å². The second-order valence-electron chi connectivity index (χ2n) is 7.31. The number of nitrogens with zero attached hydrogens (tertiary/aromatic N) is 1. The van der Waals surface area contributed by atoms with Crippen LogP contribution in [0.25, 0.3) is 10.9 Å². The maximum absolute atomic E-state index is 13.8. The predicted octanol–water partition coefficient (Wildman–Crippen LogP) is 4.27. The van der Waals surface area contributed by atoms with E-state index in [1.165, 1.54) is 12.1 Å². The summed E-state index contributed by atoms with van der Waals surface area (Å²) in [6.07, 6.45) is 5.34. The van der Waals surface area contributed by atoms with Crippen LogP contribution < -0.4 is 15.4 Å². The lowest BCUT2D eigenvalue weighted by Crippen LogP contribution is -2.50. The Bertz CT molecular complexity index is 1030. The molecule has 6 nitrogen and oxygen atoms in total. The standard InChI is InChI=1S/C20H19FN4O2/c21-12-5-6-18-13(9-12)17(10-20(27-18)7-2-8-20)24-19(26)23-15-3-1-4-16-14(15)11-22-25-16/h1,3-6,9,11,17H,2,7-8,10H2,(H,22,25)(H2,23,24,26)/t17-/m1/s1. The SMILES string of the molecule is O=C(Nc1cccc2[nH]ncc12)N[C@@H]1CC2(CCC2)Oc2ccc(F)cc21. The van der Waals surface area contributed by atoms with Gasteiger partial charge in [0.15, 0.2) is 0 Å². The summed E-state index contributed by atoms with van der Waals surface area (Å²) in [6.45, 7) is 0. The summed E-state index contributed by atoms with van der Waals surface area (Å²) in [5.74, 6) is 0.321. The highest BCUT2D eigenvalue weighted by Gasteiger charge is 2.46. The molecule has 3 N–H and O–H groups in total. The van der Waals surface area contributed by atoms with E-state index in [9.17, 15) is 9.18 Å². The van der Waals surface area contributed by atoms with Gasteiger partial charge in [0.05, 0.1) is 23.4 Å². The Labute approximate surface area is 155 Å². The van der Waals surface area contributed by atoms with Gasteiger partial charge in [0.2, 0.25) is 0 Å². The number of rotatable bonds is 2. The van der Waals surface area contributed by atoms with E-state index in [-0.39, 0.29) is 23.5 Å². The molecule has 0 bridgehead atoms. The highest BCUT2D eigenvalue weighted by Crippen LogP contribution is 2.48. The number of aromatic amines is 1. The van der Waals surface area contributed by atoms with Crippen LogP contribution in [0.15, 0.2) is 42.6 Å². The van der Waals surface area contributed by atoms with Gasteiger partial charge in [0.1, 0.15) is 17.2 Å². The van der Waals surface area contributed by atoms with Gasteiger partial charge in [-0.1, -0.05) is 6.07 Å². The first-order valence-electron chi connectivity index (χ1n) is 9.10. The Morgan fingerprint density at radius 3 is 3.00 bits per heavy atom. The number of anilines is 1. The number of carbonyl (C=O) groups excluding carboxylic acids is 1. The van der Waals surface area contributed by atoms with Crippen molar-refractivity contribution >= 4 is 22.6 Å². The van der Waals surface area contributed by atoms with Gasteiger partial charge in [-0.15, -0.1) is 0 Å². The molecule has 7 heteroatoms. The number of ether oxygens (including phenoxy) is 1. The Balaban J connectivity index is 1.40. The van der Waals surface area contributed by atoms with Gasteiger partial charge >= 0.3 is 6.03 Å². The second kappa shape index (κ2) is 5.97. The van der Waals surface area contributed by atoms with Gasteiger partial charge in [-0.25, -0.2) is 9.18 Å². The van der Waals surface area contributed by atoms with Crippen LogP contribution in [0, 0.1) is 5.82 Å². The van der Waals surface area contributed by atoms with Crippen LogP contribution in [-0.2, 0) is 0 Å². The maximum atomic E-state index is 13.8. The first kappa shape index (κ1) is 16.1. The molecule has 1 aromatic heterocycles. The van der Waals surface area contributed by atoms with Crippen molar-refractivity contribution in [3.63, 3.8) is 0 Å². The maximum Gasteiger partial charge on any atom is 0.319 e. The molecule has 1 atom stereocenters. The lowest BCUT2D eigenvalue weighted by atomic mass is 9.73. The highest BCUT2D eigenvalue weighted by atomic mass is 19.1. The van der Waals surface area contributed by atoms with Crippen LogP contribution in [0.1, 0.15) is 37.3 Å². The Morgan fingerprint density at radius 2 is 2.19 bits per heavy atom. The first-order valence-corrected chi connectivity index (χ1v) is 9.10. The molecule has 138 valence electrons. The molecule has 5 rings (SSSR count). The minimum Gasteiger partial charge on any atom is -0.487 e. The summed E-state index contributed by atoms with van der Waals surface area (Å²) < 4.78 is 19.9. The number of H-pyrrole nitrogens is 1. The normalized spacial score (nSPS) is 19.8. The summed E-state index contributed by atoms with van der Waals surface area (Å²) in [5, 5.41) is 13.6. The minimum absolute atomic E-state index is 0.243. The Hall–Kier alpha value is -3.09. The number of halogens is 1. The lowest BCUT2D eigenvalue weighted by Gasteiger charge is -2.48. The number of carbonyl (C=O) groups is 1. The fraction of sp³-hybridized carbons (Fsp3) is 0.300. The van der Waals surface area contributed by atoms with Gasteiger partial charge in [-0.2, -0.15) is 5.10 Å². The molecule has 0 saturated heterocycles. The zero-order chi connectivity index (χ0) is 18.4. The van der Waals surface area contributed by atoms with Crippen LogP contribution in [0.3, 0.4) is 0 Å². The molecule has 2 heterocycles. The summed E-state index contributed by atoms with van der Waals surface area (Å²) in [4.78, 5) is 12.7. The van der Waals surface area contributed by atoms with Crippen molar-refractivity contribution in [2.24, 2.45) is 0 Å². The van der Waals surface area contributed by atoms with Crippen molar-refractivity contribution in [2.75, 3.05) is 5.32 Å². The molecule has 3 aromatic rings. The average molecular weight is 366 g/mol. The van der Waals surface area contributed by atoms with E-state index in [4.69, 9.17) is 4.74 Å². The number of aromatic nitrogens is 2. The summed E-state index contributed by atoms with van der Waals surface area (Å²) >= 11 is 0. The topological polar surface area (TPSA) is 79.0 Å². The predicted molar refractivity (Wildman–Crippen MR) is 99.2 cm³/mol. The third kappa shape index (κ3) is 2.79. The molecule has 2 aromatic carbocycles. The molecule has 2 amide bonds. The Kier molecular flexibility index (Phi) is 3.56. The van der Waals surface area contributed by atoms with Crippen molar-refractivity contribution in [1.82, 2.24) is 15.5 Å². The smallest absolute Gasteiger partial charge is 0.319 e. The molecule has 0 radical (unpaired) electrons. The summed E-state index contributed by atoms with van der Waals surface area (Å²) in [7, 11) is 0. The fourth-order valence-corrected chi connectivity index (χ4v) is 4.04. The van der Waals surface area contributed by atoms with Crippen LogP contribution >= 0.6 is 0 Å². The largest absolute Gasteiger partial charge is 0.487 e. The first-order chi connectivity index (χ1) is 13.1. The van der Waals surface area contributed by atoms with E-state index in [1.54, 1.807) is 12.3 Å². The summed E-state index contributed by atoms with van der Waals surface area (Å²) in [5.41, 5.74) is 1.96. The van der Waals surface area contributed by atoms with Gasteiger partial charge < -0.3 is 15.4 Å².